The number of carbonyl (C=O) groups is 1. The second kappa shape index (κ2) is 6.44. The van der Waals surface area contributed by atoms with Crippen molar-refractivity contribution in [1.82, 2.24) is 9.96 Å². The van der Waals surface area contributed by atoms with Crippen molar-refractivity contribution in [2.45, 2.75) is 77.1 Å². The molecule has 0 saturated carbocycles. The van der Waals surface area contributed by atoms with Crippen LogP contribution in [-0.4, -0.2) is 46.3 Å². The second-order valence-corrected chi connectivity index (χ2v) is 7.44. The molecule has 2 heterocycles. The zero-order chi connectivity index (χ0) is 16.4. The molecule has 2 aliphatic heterocycles. The number of azide groups is 1. The van der Waals surface area contributed by atoms with Crippen LogP contribution in [0.15, 0.2) is 5.11 Å². The van der Waals surface area contributed by atoms with Gasteiger partial charge in [-0.3, -0.25) is 9.63 Å². The second-order valence-electron chi connectivity index (χ2n) is 7.44. The van der Waals surface area contributed by atoms with E-state index in [1.807, 2.05) is 5.06 Å². The lowest BCUT2D eigenvalue weighted by molar-refractivity contribution is -0.321. The summed E-state index contributed by atoms with van der Waals surface area (Å²) < 4.78 is 0. The van der Waals surface area contributed by atoms with Crippen molar-refractivity contribution in [3.05, 3.63) is 10.4 Å². The van der Waals surface area contributed by atoms with Crippen molar-refractivity contribution in [3.63, 3.8) is 0 Å². The van der Waals surface area contributed by atoms with Gasteiger partial charge in [0.25, 0.3) is 0 Å². The molecule has 0 radical (unpaired) electrons. The molecule has 1 amide bonds. The molecule has 1 unspecified atom stereocenters. The van der Waals surface area contributed by atoms with Crippen LogP contribution < -0.4 is 0 Å². The van der Waals surface area contributed by atoms with Crippen LogP contribution in [0, 0.1) is 0 Å². The highest BCUT2D eigenvalue weighted by Gasteiger charge is 2.44. The van der Waals surface area contributed by atoms with Crippen LogP contribution in [-0.2, 0) is 9.63 Å². The maximum atomic E-state index is 12.0. The summed E-state index contributed by atoms with van der Waals surface area (Å²) in [4.78, 5) is 22.8. The summed E-state index contributed by atoms with van der Waals surface area (Å²) in [6, 6.07) is 0. The van der Waals surface area contributed by atoms with Gasteiger partial charge in [0.1, 0.15) is 0 Å². The van der Waals surface area contributed by atoms with E-state index in [0.717, 1.165) is 25.7 Å². The van der Waals surface area contributed by atoms with Gasteiger partial charge in [-0.15, -0.1) is 0 Å². The zero-order valence-corrected chi connectivity index (χ0v) is 14.1. The highest BCUT2D eigenvalue weighted by molar-refractivity contribution is 5.78. The summed E-state index contributed by atoms with van der Waals surface area (Å²) in [5.41, 5.74) is 8.40. The maximum absolute atomic E-state index is 12.0. The van der Waals surface area contributed by atoms with Gasteiger partial charge in [-0.05, 0) is 58.9 Å². The van der Waals surface area contributed by atoms with E-state index in [0.29, 0.717) is 13.0 Å². The minimum atomic E-state index is -0.512. The monoisotopic (exact) mass is 309 g/mol. The maximum Gasteiger partial charge on any atom is 0.224 e. The molecule has 2 saturated heterocycles. The number of rotatable bonds is 5. The smallest absolute Gasteiger partial charge is 0.224 e. The SMILES string of the molecule is CC1(C)CCCC(C)(C)N1OC(CN=[N+]=[N-])N1CCCC1=O. The van der Waals surface area contributed by atoms with Gasteiger partial charge in [0.15, 0.2) is 6.23 Å². The predicted molar refractivity (Wildman–Crippen MR) is 83.7 cm³/mol. The minimum absolute atomic E-state index is 0.0748. The number of hydrogen-bond acceptors (Lipinski definition) is 4. The molecule has 124 valence electrons. The topological polar surface area (TPSA) is 81.5 Å². The van der Waals surface area contributed by atoms with E-state index in [9.17, 15) is 4.79 Å². The Morgan fingerprint density at radius 3 is 2.41 bits per heavy atom. The molecule has 0 aromatic carbocycles. The molecule has 0 aromatic rings. The van der Waals surface area contributed by atoms with E-state index < -0.39 is 6.23 Å². The zero-order valence-electron chi connectivity index (χ0n) is 14.1. The molecule has 2 aliphatic rings. The van der Waals surface area contributed by atoms with Crippen LogP contribution in [0.4, 0.5) is 0 Å². The first-order valence-corrected chi connectivity index (χ1v) is 8.05. The molecular weight excluding hydrogens is 282 g/mol. The Morgan fingerprint density at radius 2 is 1.91 bits per heavy atom. The Kier molecular flexibility index (Phi) is 5.00. The van der Waals surface area contributed by atoms with Crippen molar-refractivity contribution >= 4 is 5.91 Å². The van der Waals surface area contributed by atoms with Gasteiger partial charge in [-0.1, -0.05) is 5.11 Å². The Morgan fingerprint density at radius 1 is 1.27 bits per heavy atom. The van der Waals surface area contributed by atoms with Crippen molar-refractivity contribution in [1.29, 1.82) is 0 Å². The quantitative estimate of drug-likeness (QED) is 0.444. The summed E-state index contributed by atoms with van der Waals surface area (Å²) in [5, 5.41) is 5.67. The molecule has 22 heavy (non-hydrogen) atoms. The predicted octanol–water partition coefficient (Wildman–Crippen LogP) is 3.22. The van der Waals surface area contributed by atoms with E-state index in [1.165, 1.54) is 0 Å². The molecule has 2 fully saturated rings. The van der Waals surface area contributed by atoms with E-state index in [1.54, 1.807) is 4.90 Å². The highest BCUT2D eigenvalue weighted by Crippen LogP contribution is 2.39. The summed E-state index contributed by atoms with van der Waals surface area (Å²) >= 11 is 0. The van der Waals surface area contributed by atoms with Gasteiger partial charge in [0, 0.05) is 29.0 Å². The first-order valence-electron chi connectivity index (χ1n) is 8.05. The molecule has 0 bridgehead atoms. The van der Waals surface area contributed by atoms with Gasteiger partial charge >= 0.3 is 0 Å². The fourth-order valence-corrected chi connectivity index (χ4v) is 3.65. The summed E-state index contributed by atoms with van der Waals surface area (Å²) in [6.45, 7) is 9.44. The highest BCUT2D eigenvalue weighted by atomic mass is 16.7. The van der Waals surface area contributed by atoms with Crippen molar-refractivity contribution < 1.29 is 9.63 Å². The van der Waals surface area contributed by atoms with Crippen LogP contribution in [0.2, 0.25) is 0 Å². The van der Waals surface area contributed by atoms with Gasteiger partial charge < -0.3 is 4.90 Å². The fourth-order valence-electron chi connectivity index (χ4n) is 3.65. The van der Waals surface area contributed by atoms with Crippen LogP contribution in [0.25, 0.3) is 10.4 Å². The molecule has 0 N–H and O–H groups in total. The first-order chi connectivity index (χ1) is 10.3. The number of amides is 1. The van der Waals surface area contributed by atoms with Crippen molar-refractivity contribution in [3.8, 4) is 0 Å². The largest absolute Gasteiger partial charge is 0.315 e. The average Bonchev–Trinajstić information content (AvgIpc) is 2.83. The Hall–Kier alpha value is -1.30. The average molecular weight is 309 g/mol. The van der Waals surface area contributed by atoms with E-state index in [-0.39, 0.29) is 23.5 Å². The van der Waals surface area contributed by atoms with E-state index in [4.69, 9.17) is 10.4 Å². The normalized spacial score (nSPS) is 25.8. The molecule has 0 spiro atoms. The summed E-state index contributed by atoms with van der Waals surface area (Å²) in [5.74, 6) is 0.0748. The summed E-state index contributed by atoms with van der Waals surface area (Å²) in [6.07, 6.45) is 4.10. The Balaban J connectivity index is 2.20. The molecule has 2 rings (SSSR count). The molecule has 7 heteroatoms. The minimum Gasteiger partial charge on any atom is -0.315 e. The molecular formula is C15H27N5O2. The first kappa shape index (κ1) is 17.1. The molecule has 0 aromatic heterocycles. The molecule has 0 aliphatic carbocycles. The van der Waals surface area contributed by atoms with Gasteiger partial charge in [-0.2, -0.15) is 5.06 Å². The third-order valence-corrected chi connectivity index (χ3v) is 4.66. The third-order valence-electron chi connectivity index (χ3n) is 4.66. The lowest BCUT2D eigenvalue weighted by atomic mass is 9.82. The van der Waals surface area contributed by atoms with Crippen LogP contribution in [0.1, 0.15) is 59.8 Å². The summed E-state index contributed by atoms with van der Waals surface area (Å²) in [7, 11) is 0. The number of hydroxylamine groups is 2. The van der Waals surface area contributed by atoms with Crippen LogP contribution in [0.5, 0.6) is 0 Å². The van der Waals surface area contributed by atoms with Gasteiger partial charge in [-0.25, -0.2) is 0 Å². The van der Waals surface area contributed by atoms with E-state index in [2.05, 4.69) is 37.7 Å². The van der Waals surface area contributed by atoms with Crippen molar-refractivity contribution in [2.24, 2.45) is 5.11 Å². The standard InChI is InChI=1S/C15H27N5O2/c1-14(2)8-6-9-15(3,4)20(14)22-13(11-17-18-16)19-10-5-7-12(19)21/h13H,5-11H2,1-4H3. The number of piperidine rings is 1. The third kappa shape index (κ3) is 3.54. The van der Waals surface area contributed by atoms with Gasteiger partial charge in [0.05, 0.1) is 6.54 Å². The van der Waals surface area contributed by atoms with Crippen LogP contribution in [0.3, 0.4) is 0 Å². The number of nitrogens with zero attached hydrogens (tertiary/aromatic N) is 5. The lowest BCUT2D eigenvalue weighted by Gasteiger charge is -2.52. The van der Waals surface area contributed by atoms with Crippen LogP contribution >= 0.6 is 0 Å². The number of carbonyl (C=O) groups excluding carboxylic acids is 1. The Labute approximate surface area is 132 Å². The lowest BCUT2D eigenvalue weighted by Crippen LogP contribution is -2.61. The van der Waals surface area contributed by atoms with E-state index >= 15 is 0 Å². The van der Waals surface area contributed by atoms with Gasteiger partial charge in [0.2, 0.25) is 5.91 Å². The molecule has 7 nitrogen and oxygen atoms in total. The fraction of sp³-hybridized carbons (Fsp3) is 0.933. The Bertz CT molecular complexity index is 455. The molecule has 1 atom stereocenters. The number of hydrogen-bond donors (Lipinski definition) is 0. The van der Waals surface area contributed by atoms with Crippen molar-refractivity contribution in [2.75, 3.05) is 13.1 Å². The number of likely N-dealkylation sites (tertiary alicyclic amines) is 1.